The second kappa shape index (κ2) is 7.97. The van der Waals surface area contributed by atoms with Crippen LogP contribution in [0.15, 0.2) is 24.3 Å². The summed E-state index contributed by atoms with van der Waals surface area (Å²) >= 11 is 0. The molecule has 23 heavy (non-hydrogen) atoms. The van der Waals surface area contributed by atoms with Crippen LogP contribution in [-0.2, 0) is 4.74 Å². The number of nitriles is 1. The Morgan fingerprint density at radius 3 is 2.52 bits per heavy atom. The van der Waals surface area contributed by atoms with Gasteiger partial charge in [0.15, 0.2) is 0 Å². The van der Waals surface area contributed by atoms with Crippen LogP contribution in [-0.4, -0.2) is 12.7 Å². The zero-order valence-electron chi connectivity index (χ0n) is 14.3. The van der Waals surface area contributed by atoms with Gasteiger partial charge in [-0.3, -0.25) is 0 Å². The highest BCUT2D eigenvalue weighted by atomic mass is 16.5. The first-order valence-electron chi connectivity index (χ1n) is 9.41. The van der Waals surface area contributed by atoms with E-state index in [9.17, 15) is 0 Å². The Labute approximate surface area is 140 Å². The van der Waals surface area contributed by atoms with Crippen molar-refractivity contribution in [3.8, 4) is 6.07 Å². The quantitative estimate of drug-likeness (QED) is 0.679. The summed E-state index contributed by atoms with van der Waals surface area (Å²) in [4.78, 5) is 0. The molecule has 3 rings (SSSR count). The van der Waals surface area contributed by atoms with Crippen LogP contribution in [0.5, 0.6) is 0 Å². The fourth-order valence-corrected chi connectivity index (χ4v) is 4.52. The van der Waals surface area contributed by atoms with E-state index in [1.54, 1.807) is 0 Å². The van der Waals surface area contributed by atoms with Gasteiger partial charge in [0.05, 0.1) is 17.7 Å². The number of hydrogen-bond donors (Lipinski definition) is 0. The van der Waals surface area contributed by atoms with Gasteiger partial charge in [-0.15, -0.1) is 0 Å². The van der Waals surface area contributed by atoms with E-state index >= 15 is 0 Å². The molecule has 0 aliphatic heterocycles. The molecule has 0 saturated heterocycles. The molecule has 4 atom stereocenters. The van der Waals surface area contributed by atoms with Crippen LogP contribution in [0.25, 0.3) is 0 Å². The lowest BCUT2D eigenvalue weighted by molar-refractivity contribution is -0.0159. The minimum Gasteiger partial charge on any atom is -0.378 e. The zero-order chi connectivity index (χ0) is 16.1. The van der Waals surface area contributed by atoms with Crippen LogP contribution >= 0.6 is 0 Å². The normalized spacial score (nSPS) is 30.4. The van der Waals surface area contributed by atoms with Crippen molar-refractivity contribution < 1.29 is 4.74 Å². The molecule has 0 spiro atoms. The van der Waals surface area contributed by atoms with Crippen molar-refractivity contribution in [1.82, 2.24) is 0 Å². The average molecular weight is 311 g/mol. The SMILES string of the molecule is CCCCOC1CCC2CC(c3ccc(C#N)cc3)CCC2C1. The number of benzene rings is 1. The van der Waals surface area contributed by atoms with Gasteiger partial charge in [0.1, 0.15) is 0 Å². The van der Waals surface area contributed by atoms with Gasteiger partial charge in [0, 0.05) is 6.61 Å². The lowest BCUT2D eigenvalue weighted by atomic mass is 9.65. The molecule has 124 valence electrons. The monoisotopic (exact) mass is 311 g/mol. The Bertz CT molecular complexity index is 530. The summed E-state index contributed by atoms with van der Waals surface area (Å²) in [6, 6.07) is 10.5. The Morgan fingerprint density at radius 1 is 1.04 bits per heavy atom. The third-order valence-corrected chi connectivity index (χ3v) is 5.93. The highest BCUT2D eigenvalue weighted by Gasteiger charge is 2.36. The Kier molecular flexibility index (Phi) is 5.73. The van der Waals surface area contributed by atoms with E-state index in [0.29, 0.717) is 12.0 Å². The summed E-state index contributed by atoms with van der Waals surface area (Å²) in [5.74, 6) is 2.46. The summed E-state index contributed by atoms with van der Waals surface area (Å²) in [5.41, 5.74) is 2.20. The summed E-state index contributed by atoms with van der Waals surface area (Å²) in [7, 11) is 0. The molecule has 0 heterocycles. The second-order valence-corrected chi connectivity index (χ2v) is 7.42. The number of nitrogens with zero attached hydrogens (tertiary/aromatic N) is 1. The standard InChI is InChI=1S/C21H29NO/c1-2-3-12-23-21-11-10-19-13-18(8-9-20(19)14-21)17-6-4-16(15-22)5-7-17/h4-7,18-21H,2-3,8-14H2,1H3. The van der Waals surface area contributed by atoms with E-state index < -0.39 is 0 Å². The van der Waals surface area contributed by atoms with Crippen molar-refractivity contribution in [2.45, 2.75) is 70.3 Å². The molecule has 0 radical (unpaired) electrons. The molecular weight excluding hydrogens is 282 g/mol. The highest BCUT2D eigenvalue weighted by Crippen LogP contribution is 2.46. The molecule has 0 bridgehead atoms. The first kappa shape index (κ1) is 16.5. The fourth-order valence-electron chi connectivity index (χ4n) is 4.52. The van der Waals surface area contributed by atoms with Crippen molar-refractivity contribution in [3.05, 3.63) is 35.4 Å². The third-order valence-electron chi connectivity index (χ3n) is 5.93. The van der Waals surface area contributed by atoms with Gasteiger partial charge in [0.25, 0.3) is 0 Å². The topological polar surface area (TPSA) is 33.0 Å². The Morgan fingerprint density at radius 2 is 1.78 bits per heavy atom. The first-order valence-corrected chi connectivity index (χ1v) is 9.41. The van der Waals surface area contributed by atoms with Crippen LogP contribution in [0.3, 0.4) is 0 Å². The second-order valence-electron chi connectivity index (χ2n) is 7.42. The lowest BCUT2D eigenvalue weighted by Gasteiger charge is -2.42. The highest BCUT2D eigenvalue weighted by molar-refractivity contribution is 5.33. The molecule has 0 aromatic heterocycles. The van der Waals surface area contributed by atoms with E-state index in [1.165, 1.54) is 56.9 Å². The number of unbranched alkanes of at least 4 members (excludes halogenated alkanes) is 1. The van der Waals surface area contributed by atoms with Crippen LogP contribution in [0.2, 0.25) is 0 Å². The van der Waals surface area contributed by atoms with E-state index in [-0.39, 0.29) is 0 Å². The maximum absolute atomic E-state index is 8.93. The number of rotatable bonds is 5. The number of fused-ring (bicyclic) bond motifs is 1. The summed E-state index contributed by atoms with van der Waals surface area (Å²) in [5, 5.41) is 8.93. The van der Waals surface area contributed by atoms with Gasteiger partial charge >= 0.3 is 0 Å². The molecule has 2 nitrogen and oxygen atoms in total. The van der Waals surface area contributed by atoms with Crippen LogP contribution in [0, 0.1) is 23.2 Å². The Hall–Kier alpha value is -1.33. The third kappa shape index (κ3) is 4.15. The molecule has 2 heteroatoms. The molecule has 0 amide bonds. The molecule has 1 aromatic rings. The largest absolute Gasteiger partial charge is 0.378 e. The number of ether oxygens (including phenoxy) is 1. The molecule has 2 fully saturated rings. The smallest absolute Gasteiger partial charge is 0.0991 e. The summed E-state index contributed by atoms with van der Waals surface area (Å²) < 4.78 is 6.08. The van der Waals surface area contributed by atoms with Crippen molar-refractivity contribution in [3.63, 3.8) is 0 Å². The Balaban J connectivity index is 1.53. The predicted molar refractivity (Wildman–Crippen MR) is 93.2 cm³/mol. The zero-order valence-corrected chi connectivity index (χ0v) is 14.3. The van der Waals surface area contributed by atoms with Gasteiger partial charge in [-0.25, -0.2) is 0 Å². The van der Waals surface area contributed by atoms with Gasteiger partial charge in [-0.2, -0.15) is 5.26 Å². The molecular formula is C21H29NO. The van der Waals surface area contributed by atoms with Gasteiger partial charge in [-0.05, 0) is 80.4 Å². The first-order chi connectivity index (χ1) is 11.3. The number of hydrogen-bond acceptors (Lipinski definition) is 2. The van der Waals surface area contributed by atoms with Gasteiger partial charge < -0.3 is 4.74 Å². The van der Waals surface area contributed by atoms with Crippen molar-refractivity contribution in [2.24, 2.45) is 11.8 Å². The summed E-state index contributed by atoms with van der Waals surface area (Å²) in [6.45, 7) is 3.18. The van der Waals surface area contributed by atoms with Gasteiger partial charge in [-0.1, -0.05) is 25.5 Å². The molecule has 0 N–H and O–H groups in total. The molecule has 2 aliphatic carbocycles. The minimum atomic E-state index is 0.522. The van der Waals surface area contributed by atoms with E-state index in [0.717, 1.165) is 24.0 Å². The van der Waals surface area contributed by atoms with Crippen LogP contribution in [0.4, 0.5) is 0 Å². The van der Waals surface area contributed by atoms with E-state index in [1.807, 2.05) is 12.1 Å². The minimum absolute atomic E-state index is 0.522. The molecule has 2 saturated carbocycles. The van der Waals surface area contributed by atoms with Crippen LogP contribution < -0.4 is 0 Å². The fraction of sp³-hybridized carbons (Fsp3) is 0.667. The average Bonchev–Trinajstić information content (AvgIpc) is 2.61. The molecule has 1 aromatic carbocycles. The molecule has 2 aliphatic rings. The van der Waals surface area contributed by atoms with Crippen molar-refractivity contribution in [1.29, 1.82) is 5.26 Å². The van der Waals surface area contributed by atoms with E-state index in [4.69, 9.17) is 10.00 Å². The van der Waals surface area contributed by atoms with E-state index in [2.05, 4.69) is 25.1 Å². The predicted octanol–water partition coefficient (Wildman–Crippen LogP) is 5.43. The van der Waals surface area contributed by atoms with Crippen molar-refractivity contribution in [2.75, 3.05) is 6.61 Å². The molecule has 4 unspecified atom stereocenters. The van der Waals surface area contributed by atoms with Crippen molar-refractivity contribution >= 4 is 0 Å². The maximum atomic E-state index is 8.93. The van der Waals surface area contributed by atoms with Crippen LogP contribution in [0.1, 0.15) is 75.3 Å². The van der Waals surface area contributed by atoms with Gasteiger partial charge in [0.2, 0.25) is 0 Å². The lowest BCUT2D eigenvalue weighted by Crippen LogP contribution is -2.33. The summed E-state index contributed by atoms with van der Waals surface area (Å²) in [6.07, 6.45) is 10.8. The maximum Gasteiger partial charge on any atom is 0.0991 e.